The molecule has 1 aromatic rings. The number of hydrogen-bond donors (Lipinski definition) is 0. The highest BCUT2D eigenvalue weighted by Crippen LogP contribution is 2.27. The van der Waals surface area contributed by atoms with E-state index in [0.717, 1.165) is 58.7 Å². The van der Waals surface area contributed by atoms with Gasteiger partial charge in [0.25, 0.3) is 0 Å². The minimum atomic E-state index is -0.00745. The van der Waals surface area contributed by atoms with E-state index in [9.17, 15) is 4.79 Å². The summed E-state index contributed by atoms with van der Waals surface area (Å²) in [4.78, 5) is 18.3. The standard InChI is InChI=1S/C17H24N2O3S/c20-16(19-7-3-15-14(11-19)4-10-23-15)12-18-5-1-13(2-6-18)17-21-8-9-22-17/h4,10,13,17H,1-3,5-9,11-12H2. The first-order valence-corrected chi connectivity index (χ1v) is 9.46. The van der Waals surface area contributed by atoms with Gasteiger partial charge in [-0.25, -0.2) is 0 Å². The van der Waals surface area contributed by atoms with Gasteiger partial charge >= 0.3 is 0 Å². The van der Waals surface area contributed by atoms with Crippen LogP contribution in [-0.2, 0) is 27.2 Å². The van der Waals surface area contributed by atoms with Crippen LogP contribution in [0.5, 0.6) is 0 Å². The lowest BCUT2D eigenvalue weighted by molar-refractivity contribution is -0.134. The van der Waals surface area contributed by atoms with Crippen LogP contribution in [0.2, 0.25) is 0 Å². The lowest BCUT2D eigenvalue weighted by Crippen LogP contribution is -2.45. The van der Waals surface area contributed by atoms with Crippen molar-refractivity contribution in [3.63, 3.8) is 0 Å². The second-order valence-electron chi connectivity index (χ2n) is 6.66. The maximum Gasteiger partial charge on any atom is 0.237 e. The number of nitrogens with zero attached hydrogens (tertiary/aromatic N) is 2. The topological polar surface area (TPSA) is 42.0 Å². The molecule has 2 fully saturated rings. The molecule has 3 aliphatic heterocycles. The van der Waals surface area contributed by atoms with Crippen LogP contribution in [-0.4, -0.2) is 61.4 Å². The molecule has 0 bridgehead atoms. The molecule has 0 unspecified atom stereocenters. The maximum absolute atomic E-state index is 12.6. The van der Waals surface area contributed by atoms with Crippen molar-refractivity contribution < 1.29 is 14.3 Å². The predicted octanol–water partition coefficient (Wildman–Crippen LogP) is 1.72. The molecular weight excluding hydrogens is 312 g/mol. The third kappa shape index (κ3) is 3.45. The lowest BCUT2D eigenvalue weighted by atomic mass is 9.96. The van der Waals surface area contributed by atoms with Gasteiger partial charge in [-0.2, -0.15) is 0 Å². The average Bonchev–Trinajstić information content (AvgIpc) is 3.26. The van der Waals surface area contributed by atoms with E-state index in [0.29, 0.717) is 12.5 Å². The van der Waals surface area contributed by atoms with Gasteiger partial charge in [-0.15, -0.1) is 11.3 Å². The summed E-state index contributed by atoms with van der Waals surface area (Å²) in [6.45, 7) is 5.60. The Morgan fingerprint density at radius 3 is 2.78 bits per heavy atom. The van der Waals surface area contributed by atoms with Crippen LogP contribution >= 0.6 is 11.3 Å². The molecule has 1 amide bonds. The zero-order valence-electron chi connectivity index (χ0n) is 13.4. The monoisotopic (exact) mass is 336 g/mol. The molecule has 2 saturated heterocycles. The zero-order chi connectivity index (χ0) is 15.6. The molecule has 4 rings (SSSR count). The van der Waals surface area contributed by atoms with E-state index in [2.05, 4.69) is 16.3 Å². The molecule has 0 radical (unpaired) electrons. The van der Waals surface area contributed by atoms with Crippen molar-refractivity contribution in [2.75, 3.05) is 39.4 Å². The molecule has 0 aromatic carbocycles. The number of likely N-dealkylation sites (tertiary alicyclic amines) is 1. The molecule has 6 heteroatoms. The SMILES string of the molecule is O=C(CN1CCC(C2OCCO2)CC1)N1CCc2sccc2C1. The maximum atomic E-state index is 12.6. The molecule has 0 spiro atoms. The number of carbonyl (C=O) groups excluding carboxylic acids is 1. The molecule has 5 nitrogen and oxygen atoms in total. The van der Waals surface area contributed by atoms with Gasteiger partial charge in [-0.1, -0.05) is 0 Å². The van der Waals surface area contributed by atoms with Gasteiger partial charge < -0.3 is 14.4 Å². The van der Waals surface area contributed by atoms with Crippen molar-refractivity contribution in [3.05, 3.63) is 21.9 Å². The fraction of sp³-hybridized carbons (Fsp3) is 0.706. The number of amides is 1. The molecule has 23 heavy (non-hydrogen) atoms. The first-order valence-electron chi connectivity index (χ1n) is 8.58. The summed E-state index contributed by atoms with van der Waals surface area (Å²) in [5.41, 5.74) is 1.34. The van der Waals surface area contributed by atoms with Crippen molar-refractivity contribution >= 4 is 17.2 Å². The van der Waals surface area contributed by atoms with Gasteiger partial charge in [0, 0.05) is 23.9 Å². The molecule has 0 saturated carbocycles. The number of thiophene rings is 1. The molecule has 0 atom stereocenters. The fourth-order valence-corrected chi connectivity index (χ4v) is 4.67. The van der Waals surface area contributed by atoms with E-state index in [1.54, 1.807) is 0 Å². The van der Waals surface area contributed by atoms with Crippen molar-refractivity contribution in [1.82, 2.24) is 9.80 Å². The Bertz CT molecular complexity index is 548. The van der Waals surface area contributed by atoms with Crippen LogP contribution < -0.4 is 0 Å². The van der Waals surface area contributed by atoms with Gasteiger partial charge in [-0.3, -0.25) is 9.69 Å². The Kier molecular flexibility index (Phi) is 4.66. The van der Waals surface area contributed by atoms with Gasteiger partial charge in [-0.05, 0) is 49.4 Å². The van der Waals surface area contributed by atoms with Crippen molar-refractivity contribution in [2.45, 2.75) is 32.1 Å². The van der Waals surface area contributed by atoms with E-state index in [4.69, 9.17) is 9.47 Å². The molecule has 4 heterocycles. The normalized spacial score (nSPS) is 24.1. The number of fused-ring (bicyclic) bond motifs is 1. The highest BCUT2D eigenvalue weighted by molar-refractivity contribution is 7.10. The summed E-state index contributed by atoms with van der Waals surface area (Å²) >= 11 is 1.81. The van der Waals surface area contributed by atoms with Crippen LogP contribution in [0.3, 0.4) is 0 Å². The summed E-state index contributed by atoms with van der Waals surface area (Å²) in [6, 6.07) is 2.16. The lowest BCUT2D eigenvalue weighted by Gasteiger charge is -2.35. The van der Waals surface area contributed by atoms with Crippen molar-refractivity contribution in [3.8, 4) is 0 Å². The van der Waals surface area contributed by atoms with Gasteiger partial charge in [0.1, 0.15) is 0 Å². The summed E-state index contributed by atoms with van der Waals surface area (Å²) in [5.74, 6) is 0.765. The van der Waals surface area contributed by atoms with Crippen molar-refractivity contribution in [1.29, 1.82) is 0 Å². The number of piperidine rings is 1. The minimum Gasteiger partial charge on any atom is -0.350 e. The molecule has 3 aliphatic rings. The Hall–Kier alpha value is -0.950. The third-order valence-corrected chi connectivity index (χ3v) is 6.21. The van der Waals surface area contributed by atoms with E-state index in [1.807, 2.05) is 16.2 Å². The molecule has 0 aliphatic carbocycles. The van der Waals surface area contributed by atoms with E-state index in [1.165, 1.54) is 10.4 Å². The number of ether oxygens (including phenoxy) is 2. The van der Waals surface area contributed by atoms with Crippen LogP contribution in [0.1, 0.15) is 23.3 Å². The first-order chi connectivity index (χ1) is 11.3. The van der Waals surface area contributed by atoms with E-state index < -0.39 is 0 Å². The Labute approximate surface area is 141 Å². The highest BCUT2D eigenvalue weighted by atomic mass is 32.1. The fourth-order valence-electron chi connectivity index (χ4n) is 3.78. The van der Waals surface area contributed by atoms with Gasteiger partial charge in [0.15, 0.2) is 6.29 Å². The van der Waals surface area contributed by atoms with E-state index in [-0.39, 0.29) is 12.2 Å². The van der Waals surface area contributed by atoms with Crippen LogP contribution in [0.15, 0.2) is 11.4 Å². The highest BCUT2D eigenvalue weighted by Gasteiger charge is 2.31. The van der Waals surface area contributed by atoms with Crippen LogP contribution in [0.25, 0.3) is 0 Å². The first kappa shape index (κ1) is 15.6. The molecule has 1 aromatic heterocycles. The summed E-state index contributed by atoms with van der Waals surface area (Å²) < 4.78 is 11.2. The van der Waals surface area contributed by atoms with Crippen molar-refractivity contribution in [2.24, 2.45) is 5.92 Å². The third-order valence-electron chi connectivity index (χ3n) is 5.18. The average molecular weight is 336 g/mol. The number of hydrogen-bond acceptors (Lipinski definition) is 5. The van der Waals surface area contributed by atoms with Crippen LogP contribution in [0.4, 0.5) is 0 Å². The number of carbonyl (C=O) groups is 1. The quantitative estimate of drug-likeness (QED) is 0.843. The Balaban J connectivity index is 1.25. The Morgan fingerprint density at radius 2 is 2.00 bits per heavy atom. The van der Waals surface area contributed by atoms with Gasteiger partial charge in [0.2, 0.25) is 5.91 Å². The molecular formula is C17H24N2O3S. The largest absolute Gasteiger partial charge is 0.350 e. The Morgan fingerprint density at radius 1 is 1.22 bits per heavy atom. The second-order valence-corrected chi connectivity index (χ2v) is 7.66. The number of rotatable bonds is 3. The molecule has 0 N–H and O–H groups in total. The second kappa shape index (κ2) is 6.89. The smallest absolute Gasteiger partial charge is 0.237 e. The molecule has 126 valence electrons. The van der Waals surface area contributed by atoms with Crippen LogP contribution in [0, 0.1) is 5.92 Å². The zero-order valence-corrected chi connectivity index (χ0v) is 14.2. The van der Waals surface area contributed by atoms with Gasteiger partial charge in [0.05, 0.1) is 19.8 Å². The minimum absolute atomic E-state index is 0.00745. The van der Waals surface area contributed by atoms with E-state index >= 15 is 0 Å². The summed E-state index contributed by atoms with van der Waals surface area (Å²) in [5, 5.41) is 2.14. The predicted molar refractivity (Wildman–Crippen MR) is 88.3 cm³/mol. The summed E-state index contributed by atoms with van der Waals surface area (Å²) in [7, 11) is 0. The summed E-state index contributed by atoms with van der Waals surface area (Å²) in [6.07, 6.45) is 3.13.